The second kappa shape index (κ2) is 5.31. The van der Waals surface area contributed by atoms with Crippen LogP contribution in [0.1, 0.15) is 10.4 Å². The third-order valence-corrected chi connectivity index (χ3v) is 1.94. The number of nitrogen functional groups attached to an aromatic ring is 1. The van der Waals surface area contributed by atoms with Gasteiger partial charge in [0.05, 0.1) is 5.56 Å². The number of amides is 1. The van der Waals surface area contributed by atoms with E-state index in [2.05, 4.69) is 10.3 Å². The van der Waals surface area contributed by atoms with Crippen LogP contribution < -0.4 is 11.1 Å². The first-order valence-corrected chi connectivity index (χ1v) is 4.73. The molecule has 1 heterocycles. The molecule has 3 N–H and O–H groups in total. The topological polar surface area (TPSA) is 71.2 Å². The lowest BCUT2D eigenvalue weighted by molar-refractivity contribution is 0.0951. The highest BCUT2D eigenvalue weighted by atomic mass is 16.1. The van der Waals surface area contributed by atoms with Gasteiger partial charge in [0.25, 0.3) is 5.91 Å². The lowest BCUT2D eigenvalue weighted by atomic mass is 10.2. The summed E-state index contributed by atoms with van der Waals surface area (Å²) in [5, 5.41) is 2.77. The SMILES string of the molecule is CN(C)CCNC(=O)c1cnccc1N. The summed E-state index contributed by atoms with van der Waals surface area (Å²) in [5.74, 6) is -0.178. The molecule has 1 amide bonds. The molecule has 0 aliphatic heterocycles. The summed E-state index contributed by atoms with van der Waals surface area (Å²) >= 11 is 0. The third kappa shape index (κ3) is 3.55. The molecular formula is C10H16N4O. The zero-order chi connectivity index (χ0) is 11.3. The number of hydrogen-bond acceptors (Lipinski definition) is 4. The summed E-state index contributed by atoms with van der Waals surface area (Å²) < 4.78 is 0. The van der Waals surface area contributed by atoms with Gasteiger partial charge in [-0.25, -0.2) is 0 Å². The van der Waals surface area contributed by atoms with Gasteiger partial charge in [-0.15, -0.1) is 0 Å². The van der Waals surface area contributed by atoms with E-state index in [9.17, 15) is 4.79 Å². The van der Waals surface area contributed by atoms with Crippen LogP contribution in [0.4, 0.5) is 5.69 Å². The molecule has 1 rings (SSSR count). The zero-order valence-electron chi connectivity index (χ0n) is 9.03. The molecule has 0 saturated heterocycles. The normalized spacial score (nSPS) is 10.3. The van der Waals surface area contributed by atoms with Crippen molar-refractivity contribution in [3.8, 4) is 0 Å². The van der Waals surface area contributed by atoms with Gasteiger partial charge in [0.1, 0.15) is 0 Å². The molecule has 82 valence electrons. The molecule has 0 atom stereocenters. The molecule has 0 bridgehead atoms. The Bertz CT molecular complexity index is 338. The van der Waals surface area contributed by atoms with Gasteiger partial charge in [-0.05, 0) is 20.2 Å². The number of rotatable bonds is 4. The van der Waals surface area contributed by atoms with Crippen LogP contribution in [0.3, 0.4) is 0 Å². The Labute approximate surface area is 89.3 Å². The number of nitrogens with zero attached hydrogens (tertiary/aromatic N) is 2. The van der Waals surface area contributed by atoms with E-state index in [1.807, 2.05) is 19.0 Å². The highest BCUT2D eigenvalue weighted by Gasteiger charge is 2.08. The van der Waals surface area contributed by atoms with Crippen molar-refractivity contribution in [3.63, 3.8) is 0 Å². The molecule has 0 fully saturated rings. The molecule has 15 heavy (non-hydrogen) atoms. The molecule has 5 heteroatoms. The number of carbonyl (C=O) groups excluding carboxylic acids is 1. The fourth-order valence-electron chi connectivity index (χ4n) is 1.08. The van der Waals surface area contributed by atoms with Crippen molar-refractivity contribution in [1.82, 2.24) is 15.2 Å². The van der Waals surface area contributed by atoms with E-state index in [1.54, 1.807) is 12.3 Å². The van der Waals surface area contributed by atoms with Crippen molar-refractivity contribution >= 4 is 11.6 Å². The maximum atomic E-state index is 11.6. The monoisotopic (exact) mass is 208 g/mol. The minimum absolute atomic E-state index is 0.178. The minimum Gasteiger partial charge on any atom is -0.398 e. The van der Waals surface area contributed by atoms with Crippen LogP contribution in [-0.2, 0) is 0 Å². The summed E-state index contributed by atoms with van der Waals surface area (Å²) in [6, 6.07) is 1.61. The van der Waals surface area contributed by atoms with Gasteiger partial charge in [0, 0.05) is 31.2 Å². The van der Waals surface area contributed by atoms with Gasteiger partial charge in [0.15, 0.2) is 0 Å². The van der Waals surface area contributed by atoms with Crippen molar-refractivity contribution in [2.24, 2.45) is 0 Å². The first-order chi connectivity index (χ1) is 7.11. The van der Waals surface area contributed by atoms with Crippen LogP contribution in [0.5, 0.6) is 0 Å². The number of nitrogens with one attached hydrogen (secondary N) is 1. The smallest absolute Gasteiger partial charge is 0.254 e. The zero-order valence-corrected chi connectivity index (χ0v) is 9.03. The molecule has 0 aliphatic rings. The molecule has 0 aliphatic carbocycles. The number of anilines is 1. The van der Waals surface area contributed by atoms with Crippen LogP contribution >= 0.6 is 0 Å². The van der Waals surface area contributed by atoms with Crippen molar-refractivity contribution in [2.75, 3.05) is 32.9 Å². The Morgan fingerprint density at radius 1 is 1.60 bits per heavy atom. The number of nitrogens with two attached hydrogens (primary N) is 1. The van der Waals surface area contributed by atoms with Gasteiger partial charge in [-0.3, -0.25) is 9.78 Å². The predicted octanol–water partition coefficient (Wildman–Crippen LogP) is -0.0448. The van der Waals surface area contributed by atoms with Crippen LogP contribution in [-0.4, -0.2) is 43.0 Å². The summed E-state index contributed by atoms with van der Waals surface area (Å²) in [6.45, 7) is 1.39. The lowest BCUT2D eigenvalue weighted by Crippen LogP contribution is -2.31. The Hall–Kier alpha value is -1.62. The maximum Gasteiger partial charge on any atom is 0.254 e. The average Bonchev–Trinajstić information content (AvgIpc) is 2.17. The second-order valence-corrected chi connectivity index (χ2v) is 3.52. The Morgan fingerprint density at radius 3 is 2.93 bits per heavy atom. The van der Waals surface area contributed by atoms with E-state index in [1.165, 1.54) is 6.20 Å². The van der Waals surface area contributed by atoms with Crippen LogP contribution in [0.25, 0.3) is 0 Å². The molecule has 0 spiro atoms. The van der Waals surface area contributed by atoms with Crippen LogP contribution in [0, 0.1) is 0 Å². The molecule has 0 unspecified atom stereocenters. The lowest BCUT2D eigenvalue weighted by Gasteiger charge is -2.10. The highest BCUT2D eigenvalue weighted by Crippen LogP contribution is 2.07. The molecular weight excluding hydrogens is 192 g/mol. The van der Waals surface area contributed by atoms with Gasteiger partial charge in [-0.2, -0.15) is 0 Å². The molecule has 1 aromatic heterocycles. The summed E-state index contributed by atoms with van der Waals surface area (Å²) in [5.41, 5.74) is 6.52. The minimum atomic E-state index is -0.178. The highest BCUT2D eigenvalue weighted by molar-refractivity contribution is 5.98. The van der Waals surface area contributed by atoms with E-state index < -0.39 is 0 Å². The number of pyridine rings is 1. The third-order valence-electron chi connectivity index (χ3n) is 1.94. The number of aromatic nitrogens is 1. The first-order valence-electron chi connectivity index (χ1n) is 4.73. The fraction of sp³-hybridized carbons (Fsp3) is 0.400. The Balaban J connectivity index is 2.51. The van der Waals surface area contributed by atoms with E-state index in [-0.39, 0.29) is 5.91 Å². The molecule has 5 nitrogen and oxygen atoms in total. The second-order valence-electron chi connectivity index (χ2n) is 3.52. The average molecular weight is 208 g/mol. The van der Waals surface area contributed by atoms with Crippen molar-refractivity contribution in [2.45, 2.75) is 0 Å². The fourth-order valence-corrected chi connectivity index (χ4v) is 1.08. The van der Waals surface area contributed by atoms with Crippen LogP contribution in [0.2, 0.25) is 0 Å². The van der Waals surface area contributed by atoms with Gasteiger partial charge in [0.2, 0.25) is 0 Å². The molecule has 1 aromatic rings. The first kappa shape index (κ1) is 11.5. The number of carbonyl (C=O) groups is 1. The van der Waals surface area contributed by atoms with E-state index in [0.717, 1.165) is 6.54 Å². The van der Waals surface area contributed by atoms with Crippen LogP contribution in [0.15, 0.2) is 18.5 Å². The largest absolute Gasteiger partial charge is 0.398 e. The van der Waals surface area contributed by atoms with E-state index in [4.69, 9.17) is 5.73 Å². The van der Waals surface area contributed by atoms with Crippen molar-refractivity contribution < 1.29 is 4.79 Å². The van der Waals surface area contributed by atoms with E-state index >= 15 is 0 Å². The van der Waals surface area contributed by atoms with Crippen molar-refractivity contribution in [3.05, 3.63) is 24.0 Å². The van der Waals surface area contributed by atoms with Gasteiger partial charge >= 0.3 is 0 Å². The Morgan fingerprint density at radius 2 is 2.33 bits per heavy atom. The summed E-state index contributed by atoms with van der Waals surface area (Å²) in [6.07, 6.45) is 3.03. The summed E-state index contributed by atoms with van der Waals surface area (Å²) in [4.78, 5) is 17.4. The summed E-state index contributed by atoms with van der Waals surface area (Å²) in [7, 11) is 3.90. The molecule has 0 radical (unpaired) electrons. The molecule has 0 aromatic carbocycles. The van der Waals surface area contributed by atoms with Crippen molar-refractivity contribution in [1.29, 1.82) is 0 Å². The number of hydrogen-bond donors (Lipinski definition) is 2. The Kier molecular flexibility index (Phi) is 4.05. The quantitative estimate of drug-likeness (QED) is 0.728. The maximum absolute atomic E-state index is 11.6. The number of likely N-dealkylation sites (N-methyl/N-ethyl adjacent to an activating group) is 1. The van der Waals surface area contributed by atoms with Gasteiger partial charge < -0.3 is 16.0 Å². The molecule has 0 saturated carbocycles. The predicted molar refractivity (Wildman–Crippen MR) is 59.5 cm³/mol. The van der Waals surface area contributed by atoms with E-state index in [0.29, 0.717) is 17.8 Å². The van der Waals surface area contributed by atoms with Gasteiger partial charge in [-0.1, -0.05) is 0 Å². The standard InChI is InChI=1S/C10H16N4O/c1-14(2)6-5-13-10(15)8-7-12-4-3-9(8)11/h3-4,7H,5-6H2,1-2H3,(H2,11,12)(H,13,15).